The maximum Gasteiger partial charge on any atom is 0.125 e. The Kier molecular flexibility index (Phi) is 5.33. The molecule has 2 unspecified atom stereocenters. The lowest BCUT2D eigenvalue weighted by Gasteiger charge is -2.16. The van der Waals surface area contributed by atoms with Gasteiger partial charge in [-0.1, -0.05) is 38.5 Å². The number of aliphatic hydroxyl groups is 1. The van der Waals surface area contributed by atoms with E-state index in [9.17, 15) is 5.11 Å². The fraction of sp³-hybridized carbons (Fsp3) is 0.571. The van der Waals surface area contributed by atoms with Crippen molar-refractivity contribution in [3.63, 3.8) is 0 Å². The summed E-state index contributed by atoms with van der Waals surface area (Å²) in [6.45, 7) is 6.85. The predicted octanol–water partition coefficient (Wildman–Crippen LogP) is 3.55. The van der Waals surface area contributed by atoms with Gasteiger partial charge >= 0.3 is 0 Å². The van der Waals surface area contributed by atoms with Gasteiger partial charge in [-0.05, 0) is 25.3 Å². The molecule has 0 fully saturated rings. The van der Waals surface area contributed by atoms with Gasteiger partial charge in [-0.15, -0.1) is 0 Å². The van der Waals surface area contributed by atoms with Crippen LogP contribution in [0.4, 0.5) is 0 Å². The second-order valence-corrected chi connectivity index (χ2v) is 4.42. The van der Waals surface area contributed by atoms with Crippen molar-refractivity contribution in [2.75, 3.05) is 6.61 Å². The number of benzene rings is 1. The molecule has 90 valence electrons. The SMILES string of the molecule is CCCC(C)COc1ccccc1C(C)O. The van der Waals surface area contributed by atoms with Crippen LogP contribution in [-0.2, 0) is 0 Å². The van der Waals surface area contributed by atoms with Gasteiger partial charge in [0.15, 0.2) is 0 Å². The van der Waals surface area contributed by atoms with E-state index in [1.807, 2.05) is 24.3 Å². The lowest BCUT2D eigenvalue weighted by Crippen LogP contribution is -2.09. The molecule has 0 aromatic heterocycles. The Bertz CT molecular complexity index is 307. The lowest BCUT2D eigenvalue weighted by molar-refractivity contribution is 0.186. The Hall–Kier alpha value is -1.02. The molecule has 0 aliphatic carbocycles. The zero-order valence-corrected chi connectivity index (χ0v) is 10.4. The van der Waals surface area contributed by atoms with Crippen LogP contribution in [0.1, 0.15) is 45.3 Å². The van der Waals surface area contributed by atoms with Crippen LogP contribution in [0.3, 0.4) is 0 Å². The molecule has 0 aliphatic rings. The van der Waals surface area contributed by atoms with Gasteiger partial charge in [0.2, 0.25) is 0 Å². The number of rotatable bonds is 6. The number of para-hydroxylation sites is 1. The van der Waals surface area contributed by atoms with E-state index < -0.39 is 6.10 Å². The maximum absolute atomic E-state index is 9.59. The third kappa shape index (κ3) is 3.86. The van der Waals surface area contributed by atoms with Crippen LogP contribution in [0.5, 0.6) is 5.75 Å². The molecule has 0 saturated carbocycles. The van der Waals surface area contributed by atoms with E-state index in [2.05, 4.69) is 13.8 Å². The summed E-state index contributed by atoms with van der Waals surface area (Å²) >= 11 is 0. The minimum atomic E-state index is -0.474. The van der Waals surface area contributed by atoms with E-state index >= 15 is 0 Å². The normalized spacial score (nSPS) is 14.5. The summed E-state index contributed by atoms with van der Waals surface area (Å²) in [6, 6.07) is 7.68. The monoisotopic (exact) mass is 222 g/mol. The van der Waals surface area contributed by atoms with E-state index in [0.29, 0.717) is 5.92 Å². The first-order valence-electron chi connectivity index (χ1n) is 6.05. The molecule has 16 heavy (non-hydrogen) atoms. The third-order valence-electron chi connectivity index (χ3n) is 2.67. The summed E-state index contributed by atoms with van der Waals surface area (Å²) in [5.74, 6) is 1.37. The van der Waals surface area contributed by atoms with Gasteiger partial charge in [-0.2, -0.15) is 0 Å². The Labute approximate surface area is 98.3 Å². The van der Waals surface area contributed by atoms with Crippen molar-refractivity contribution in [1.29, 1.82) is 0 Å². The fourth-order valence-electron chi connectivity index (χ4n) is 1.77. The van der Waals surface area contributed by atoms with Crippen molar-refractivity contribution in [3.05, 3.63) is 29.8 Å². The second-order valence-electron chi connectivity index (χ2n) is 4.42. The van der Waals surface area contributed by atoms with Gasteiger partial charge < -0.3 is 9.84 Å². The molecule has 1 rings (SSSR count). The molecular weight excluding hydrogens is 200 g/mol. The summed E-state index contributed by atoms with van der Waals surface area (Å²) in [6.07, 6.45) is 1.89. The van der Waals surface area contributed by atoms with Gasteiger partial charge in [-0.25, -0.2) is 0 Å². The Morgan fingerprint density at radius 1 is 1.25 bits per heavy atom. The zero-order chi connectivity index (χ0) is 12.0. The summed E-state index contributed by atoms with van der Waals surface area (Å²) in [5.41, 5.74) is 0.867. The zero-order valence-electron chi connectivity index (χ0n) is 10.4. The second kappa shape index (κ2) is 6.54. The number of hydrogen-bond acceptors (Lipinski definition) is 2. The van der Waals surface area contributed by atoms with Crippen LogP contribution in [0, 0.1) is 5.92 Å². The van der Waals surface area contributed by atoms with Crippen LogP contribution in [0.25, 0.3) is 0 Å². The minimum Gasteiger partial charge on any atom is -0.493 e. The molecule has 0 spiro atoms. The summed E-state index contributed by atoms with van der Waals surface area (Å²) < 4.78 is 5.75. The van der Waals surface area contributed by atoms with Crippen molar-refractivity contribution in [1.82, 2.24) is 0 Å². The molecule has 0 heterocycles. The summed E-state index contributed by atoms with van der Waals surface area (Å²) in [7, 11) is 0. The van der Waals surface area contributed by atoms with Crippen molar-refractivity contribution in [2.45, 2.75) is 39.7 Å². The molecule has 1 N–H and O–H groups in total. The summed E-state index contributed by atoms with van der Waals surface area (Å²) in [4.78, 5) is 0. The van der Waals surface area contributed by atoms with E-state index in [-0.39, 0.29) is 0 Å². The van der Waals surface area contributed by atoms with Gasteiger partial charge in [0.1, 0.15) is 5.75 Å². The van der Waals surface area contributed by atoms with Crippen molar-refractivity contribution >= 4 is 0 Å². The molecule has 0 radical (unpaired) electrons. The molecule has 2 nitrogen and oxygen atoms in total. The summed E-state index contributed by atoms with van der Waals surface area (Å²) in [5, 5.41) is 9.59. The smallest absolute Gasteiger partial charge is 0.125 e. The maximum atomic E-state index is 9.59. The highest BCUT2D eigenvalue weighted by atomic mass is 16.5. The molecule has 0 bridgehead atoms. The van der Waals surface area contributed by atoms with Gasteiger partial charge in [-0.3, -0.25) is 0 Å². The van der Waals surface area contributed by atoms with E-state index in [1.165, 1.54) is 12.8 Å². The van der Waals surface area contributed by atoms with Crippen LogP contribution >= 0.6 is 0 Å². The largest absolute Gasteiger partial charge is 0.493 e. The van der Waals surface area contributed by atoms with Crippen LogP contribution in [-0.4, -0.2) is 11.7 Å². The van der Waals surface area contributed by atoms with Crippen LogP contribution in [0.15, 0.2) is 24.3 Å². The van der Waals surface area contributed by atoms with Gasteiger partial charge in [0.25, 0.3) is 0 Å². The first-order valence-corrected chi connectivity index (χ1v) is 6.05. The first-order chi connectivity index (χ1) is 7.65. The van der Waals surface area contributed by atoms with E-state index in [4.69, 9.17) is 4.74 Å². The van der Waals surface area contributed by atoms with E-state index in [1.54, 1.807) is 6.92 Å². The highest BCUT2D eigenvalue weighted by Gasteiger charge is 2.09. The first kappa shape index (κ1) is 13.0. The van der Waals surface area contributed by atoms with Crippen molar-refractivity contribution < 1.29 is 9.84 Å². The quantitative estimate of drug-likeness (QED) is 0.797. The molecule has 0 amide bonds. The molecule has 1 aromatic rings. The van der Waals surface area contributed by atoms with Crippen LogP contribution < -0.4 is 4.74 Å². The van der Waals surface area contributed by atoms with Crippen molar-refractivity contribution in [2.24, 2.45) is 5.92 Å². The molecule has 1 aromatic carbocycles. The fourth-order valence-corrected chi connectivity index (χ4v) is 1.77. The standard InChI is InChI=1S/C14H22O2/c1-4-7-11(2)10-16-14-9-6-5-8-13(14)12(3)15/h5-6,8-9,11-12,15H,4,7,10H2,1-3H3. The topological polar surface area (TPSA) is 29.5 Å². The highest BCUT2D eigenvalue weighted by molar-refractivity contribution is 5.34. The number of hydrogen-bond donors (Lipinski definition) is 1. The average molecular weight is 222 g/mol. The van der Waals surface area contributed by atoms with Gasteiger partial charge in [0, 0.05) is 5.56 Å². The van der Waals surface area contributed by atoms with Gasteiger partial charge in [0.05, 0.1) is 12.7 Å². The van der Waals surface area contributed by atoms with Crippen LogP contribution in [0.2, 0.25) is 0 Å². The number of aliphatic hydroxyl groups excluding tert-OH is 1. The highest BCUT2D eigenvalue weighted by Crippen LogP contribution is 2.25. The third-order valence-corrected chi connectivity index (χ3v) is 2.67. The predicted molar refractivity (Wildman–Crippen MR) is 66.6 cm³/mol. The minimum absolute atomic E-state index is 0.474. The Balaban J connectivity index is 2.59. The Morgan fingerprint density at radius 3 is 2.56 bits per heavy atom. The van der Waals surface area contributed by atoms with Crippen molar-refractivity contribution in [3.8, 4) is 5.75 Å². The molecular formula is C14H22O2. The lowest BCUT2D eigenvalue weighted by atomic mass is 10.1. The Morgan fingerprint density at radius 2 is 1.94 bits per heavy atom. The molecule has 2 atom stereocenters. The average Bonchev–Trinajstić information content (AvgIpc) is 2.27. The molecule has 0 aliphatic heterocycles. The number of ether oxygens (including phenoxy) is 1. The molecule has 2 heteroatoms. The van der Waals surface area contributed by atoms with E-state index in [0.717, 1.165) is 17.9 Å². The molecule has 0 saturated heterocycles.